The molecular formula is C14H18N2O9. The van der Waals surface area contributed by atoms with Gasteiger partial charge in [-0.25, -0.2) is 0 Å². The first-order valence-corrected chi connectivity index (χ1v) is 7.23. The van der Waals surface area contributed by atoms with Crippen molar-refractivity contribution in [2.75, 3.05) is 6.61 Å². The second kappa shape index (κ2) is 7.29. The van der Waals surface area contributed by atoms with Crippen LogP contribution < -0.4 is 10.1 Å². The number of rotatable bonds is 5. The summed E-state index contributed by atoms with van der Waals surface area (Å²) in [4.78, 5) is 21.4. The van der Waals surface area contributed by atoms with Crippen LogP contribution >= 0.6 is 0 Å². The van der Waals surface area contributed by atoms with Crippen molar-refractivity contribution >= 4 is 11.6 Å². The summed E-state index contributed by atoms with van der Waals surface area (Å²) in [5.41, 5.74) is -2.71. The van der Waals surface area contributed by atoms with Gasteiger partial charge in [-0.05, 0) is 12.1 Å². The summed E-state index contributed by atoms with van der Waals surface area (Å²) in [6, 6.07) is 4.73. The summed E-state index contributed by atoms with van der Waals surface area (Å²) in [5, 5.41) is 52.5. The Bertz CT molecular complexity index is 638. The highest BCUT2D eigenvalue weighted by atomic mass is 16.7. The van der Waals surface area contributed by atoms with E-state index in [-0.39, 0.29) is 11.4 Å². The number of carbonyl (C=O) groups excluding carboxylic acids is 1. The number of hydrogen-bond donors (Lipinski definition) is 5. The molecule has 1 heterocycles. The van der Waals surface area contributed by atoms with Gasteiger partial charge in [-0.3, -0.25) is 14.9 Å². The minimum atomic E-state index is -2.52. The highest BCUT2D eigenvalue weighted by molar-refractivity contribution is 5.73. The van der Waals surface area contributed by atoms with Gasteiger partial charge in [-0.1, -0.05) is 0 Å². The first-order valence-electron chi connectivity index (χ1n) is 7.23. The van der Waals surface area contributed by atoms with Crippen LogP contribution in [0.2, 0.25) is 0 Å². The molecule has 0 aromatic heterocycles. The van der Waals surface area contributed by atoms with E-state index in [4.69, 9.17) is 9.47 Å². The number of nitro benzene ring substituents is 1. The molecule has 11 nitrogen and oxygen atoms in total. The Morgan fingerprint density at radius 1 is 1.40 bits per heavy atom. The maximum Gasteiger partial charge on any atom is 0.269 e. The lowest BCUT2D eigenvalue weighted by atomic mass is 9.93. The second-order valence-corrected chi connectivity index (χ2v) is 5.50. The smallest absolute Gasteiger partial charge is 0.269 e. The van der Waals surface area contributed by atoms with E-state index < -0.39 is 47.8 Å². The SMILES string of the molecule is CC(=O)N[C@]1(O)C(Oc2ccc([N+](=O)[O-])cc2)O[C@H](CO)[C@@H](O)[C@@H]1O. The van der Waals surface area contributed by atoms with Gasteiger partial charge in [0.15, 0.2) is 0 Å². The highest BCUT2D eigenvalue weighted by Gasteiger charge is 2.57. The zero-order valence-electron chi connectivity index (χ0n) is 13.1. The van der Waals surface area contributed by atoms with Crippen molar-refractivity contribution in [2.24, 2.45) is 0 Å². The summed E-state index contributed by atoms with van der Waals surface area (Å²) in [5.74, 6) is -0.711. The number of aliphatic hydroxyl groups excluding tert-OH is 3. The van der Waals surface area contributed by atoms with Gasteiger partial charge >= 0.3 is 0 Å². The Kier molecular flexibility index (Phi) is 5.55. The average Bonchev–Trinajstić information content (AvgIpc) is 2.55. The highest BCUT2D eigenvalue weighted by Crippen LogP contribution is 2.31. The zero-order chi connectivity index (χ0) is 18.8. The van der Waals surface area contributed by atoms with E-state index in [1.54, 1.807) is 0 Å². The molecule has 25 heavy (non-hydrogen) atoms. The lowest BCUT2D eigenvalue weighted by Gasteiger charge is -2.47. The number of amides is 1. The molecule has 5 N–H and O–H groups in total. The van der Waals surface area contributed by atoms with Gasteiger partial charge in [0.25, 0.3) is 12.0 Å². The van der Waals surface area contributed by atoms with Crippen LogP contribution in [-0.2, 0) is 9.53 Å². The summed E-state index contributed by atoms with van der Waals surface area (Å²) >= 11 is 0. The van der Waals surface area contributed by atoms with Crippen LogP contribution in [0, 0.1) is 10.1 Å². The lowest BCUT2D eigenvalue weighted by molar-refractivity contribution is -0.384. The van der Waals surface area contributed by atoms with E-state index in [1.807, 2.05) is 5.32 Å². The number of nitrogens with one attached hydrogen (secondary N) is 1. The molecule has 1 aliphatic rings. The van der Waals surface area contributed by atoms with Crippen LogP contribution in [0.5, 0.6) is 5.75 Å². The van der Waals surface area contributed by atoms with Crippen molar-refractivity contribution < 1.29 is 39.6 Å². The molecule has 0 bridgehead atoms. The third-order valence-corrected chi connectivity index (χ3v) is 3.66. The van der Waals surface area contributed by atoms with Gasteiger partial charge in [0, 0.05) is 19.1 Å². The van der Waals surface area contributed by atoms with Gasteiger partial charge < -0.3 is 35.2 Å². The molecule has 0 saturated carbocycles. The number of carbonyl (C=O) groups is 1. The number of nitro groups is 1. The van der Waals surface area contributed by atoms with E-state index in [2.05, 4.69) is 0 Å². The molecule has 0 radical (unpaired) electrons. The van der Waals surface area contributed by atoms with E-state index in [9.17, 15) is 35.3 Å². The number of aliphatic hydroxyl groups is 4. The van der Waals surface area contributed by atoms with Crippen molar-refractivity contribution in [3.05, 3.63) is 34.4 Å². The molecule has 0 aliphatic carbocycles. The molecule has 1 aromatic carbocycles. The summed E-state index contributed by atoms with van der Waals surface area (Å²) in [6.07, 6.45) is -6.61. The number of non-ortho nitro benzene ring substituents is 1. The standard InChI is InChI=1S/C14H18N2O9/c1-7(18)15-14(21)12(20)11(19)10(6-17)25-13(14)24-9-4-2-8(3-5-9)16(22)23/h2-5,10-13,17,19-21H,6H2,1H3,(H,15,18)/t10-,11-,12+,13?,14-/m1/s1. The molecule has 1 unspecified atom stereocenters. The van der Waals surface area contributed by atoms with Crippen LogP contribution in [-0.4, -0.2) is 68.2 Å². The molecule has 0 spiro atoms. The molecular weight excluding hydrogens is 340 g/mol. The number of hydrogen-bond acceptors (Lipinski definition) is 9. The summed E-state index contributed by atoms with van der Waals surface area (Å²) in [7, 11) is 0. The normalized spacial score (nSPS) is 32.0. The molecule has 1 aromatic rings. The number of ether oxygens (including phenoxy) is 2. The lowest BCUT2D eigenvalue weighted by Crippen LogP contribution is -2.74. The van der Waals surface area contributed by atoms with Gasteiger partial charge in [0.1, 0.15) is 24.1 Å². The van der Waals surface area contributed by atoms with Gasteiger partial charge in [0.2, 0.25) is 11.6 Å². The maximum atomic E-state index is 11.3. The van der Waals surface area contributed by atoms with Crippen LogP contribution in [0.3, 0.4) is 0 Å². The summed E-state index contributed by atoms with van der Waals surface area (Å²) < 4.78 is 10.6. The third kappa shape index (κ3) is 3.86. The fourth-order valence-electron chi connectivity index (χ4n) is 2.40. The van der Waals surface area contributed by atoms with Crippen molar-refractivity contribution in [3.63, 3.8) is 0 Å². The van der Waals surface area contributed by atoms with E-state index in [0.29, 0.717) is 0 Å². The first-order chi connectivity index (χ1) is 11.7. The second-order valence-electron chi connectivity index (χ2n) is 5.50. The monoisotopic (exact) mass is 358 g/mol. The van der Waals surface area contributed by atoms with Crippen LogP contribution in [0.15, 0.2) is 24.3 Å². The predicted molar refractivity (Wildman–Crippen MR) is 80.3 cm³/mol. The number of benzene rings is 1. The fourth-order valence-corrected chi connectivity index (χ4v) is 2.40. The minimum Gasteiger partial charge on any atom is -0.460 e. The van der Waals surface area contributed by atoms with Crippen molar-refractivity contribution in [3.8, 4) is 5.75 Å². The largest absolute Gasteiger partial charge is 0.460 e. The third-order valence-electron chi connectivity index (χ3n) is 3.66. The average molecular weight is 358 g/mol. The van der Waals surface area contributed by atoms with E-state index >= 15 is 0 Å². The quantitative estimate of drug-likeness (QED) is 0.232. The van der Waals surface area contributed by atoms with E-state index in [1.165, 1.54) is 12.1 Å². The first kappa shape index (κ1) is 19.0. The maximum absolute atomic E-state index is 11.3. The molecule has 5 atom stereocenters. The molecule has 1 fully saturated rings. The van der Waals surface area contributed by atoms with Gasteiger partial charge in [-0.15, -0.1) is 0 Å². The number of nitrogens with zero attached hydrogens (tertiary/aromatic N) is 1. The Hall–Kier alpha value is -2.31. The Morgan fingerprint density at radius 3 is 2.48 bits per heavy atom. The van der Waals surface area contributed by atoms with Crippen LogP contribution in [0.1, 0.15) is 6.92 Å². The van der Waals surface area contributed by atoms with Crippen molar-refractivity contribution in [1.29, 1.82) is 0 Å². The van der Waals surface area contributed by atoms with Crippen molar-refractivity contribution in [2.45, 2.75) is 37.3 Å². The molecule has 1 aliphatic heterocycles. The molecule has 1 saturated heterocycles. The zero-order valence-corrected chi connectivity index (χ0v) is 13.1. The summed E-state index contributed by atoms with van der Waals surface area (Å²) in [6.45, 7) is 0.382. The fraction of sp³-hybridized carbons (Fsp3) is 0.500. The molecule has 11 heteroatoms. The molecule has 2 rings (SSSR count). The topological polar surface area (TPSA) is 172 Å². The van der Waals surface area contributed by atoms with Gasteiger partial charge in [0.05, 0.1) is 11.5 Å². The van der Waals surface area contributed by atoms with E-state index in [0.717, 1.165) is 19.1 Å². The molecule has 1 amide bonds. The van der Waals surface area contributed by atoms with Crippen molar-refractivity contribution in [1.82, 2.24) is 5.32 Å². The Morgan fingerprint density at radius 2 is 2.00 bits per heavy atom. The van der Waals surface area contributed by atoms with Crippen LogP contribution in [0.4, 0.5) is 5.69 Å². The van der Waals surface area contributed by atoms with Gasteiger partial charge in [-0.2, -0.15) is 0 Å². The predicted octanol–water partition coefficient (Wildman–Crippen LogP) is -1.76. The van der Waals surface area contributed by atoms with Crippen LogP contribution in [0.25, 0.3) is 0 Å². The minimum absolute atomic E-state index is 0.0275. The Balaban J connectivity index is 2.29. The molecule has 138 valence electrons. The Labute approximate surface area is 141 Å².